The van der Waals surface area contributed by atoms with Gasteiger partial charge in [-0.3, -0.25) is 29.4 Å². The fourth-order valence-electron chi connectivity index (χ4n) is 3.54. The summed E-state index contributed by atoms with van der Waals surface area (Å²) < 4.78 is 25.2. The van der Waals surface area contributed by atoms with Gasteiger partial charge in [0, 0.05) is 6.42 Å². The van der Waals surface area contributed by atoms with E-state index in [4.69, 9.17) is 0 Å². The smallest absolute Gasteiger partial charge is 0.262 e. The molecule has 0 spiro atoms. The highest BCUT2D eigenvalue weighted by molar-refractivity contribution is 7.90. The van der Waals surface area contributed by atoms with E-state index in [0.29, 0.717) is 5.56 Å². The number of imide groups is 2. The minimum Gasteiger partial charge on any atom is -0.295 e. The van der Waals surface area contributed by atoms with Crippen LogP contribution < -0.4 is 5.32 Å². The highest BCUT2D eigenvalue weighted by Gasteiger charge is 2.44. The summed E-state index contributed by atoms with van der Waals surface area (Å²) in [6.45, 7) is 0. The highest BCUT2D eigenvalue weighted by Crippen LogP contribution is 2.29. The van der Waals surface area contributed by atoms with Crippen molar-refractivity contribution in [2.45, 2.75) is 29.5 Å². The minimum atomic E-state index is -3.62. The maximum Gasteiger partial charge on any atom is 0.262 e. The largest absolute Gasteiger partial charge is 0.295 e. The van der Waals surface area contributed by atoms with Crippen LogP contribution in [0.15, 0.2) is 53.4 Å². The zero-order valence-electron chi connectivity index (χ0n) is 15.1. The van der Waals surface area contributed by atoms with E-state index in [1.165, 1.54) is 30.3 Å². The van der Waals surface area contributed by atoms with Gasteiger partial charge in [-0.2, -0.15) is 0 Å². The van der Waals surface area contributed by atoms with Crippen LogP contribution in [0.4, 0.5) is 0 Å². The molecule has 1 saturated heterocycles. The second kappa shape index (κ2) is 6.93. The Hall–Kier alpha value is -3.33. The minimum absolute atomic E-state index is 0.0321. The van der Waals surface area contributed by atoms with Crippen LogP contribution in [0.25, 0.3) is 0 Å². The van der Waals surface area contributed by atoms with Gasteiger partial charge in [-0.05, 0) is 36.2 Å². The first kappa shape index (κ1) is 19.0. The molecule has 8 nitrogen and oxygen atoms in total. The van der Waals surface area contributed by atoms with Crippen LogP contribution in [0, 0.1) is 0 Å². The molecule has 2 heterocycles. The molecule has 1 unspecified atom stereocenters. The number of nitrogens with one attached hydrogen (secondary N) is 1. The summed E-state index contributed by atoms with van der Waals surface area (Å²) in [5, 5.41) is 2.13. The van der Waals surface area contributed by atoms with Crippen LogP contribution in [0.3, 0.4) is 0 Å². The van der Waals surface area contributed by atoms with Crippen molar-refractivity contribution in [3.63, 3.8) is 0 Å². The third-order valence-electron chi connectivity index (χ3n) is 4.96. The number of carbonyl (C=O) groups excluding carboxylic acids is 4. The molecule has 0 saturated carbocycles. The van der Waals surface area contributed by atoms with E-state index in [1.807, 2.05) is 0 Å². The van der Waals surface area contributed by atoms with Crippen molar-refractivity contribution in [3.8, 4) is 0 Å². The van der Waals surface area contributed by atoms with Crippen molar-refractivity contribution < 1.29 is 27.6 Å². The maximum absolute atomic E-state index is 12.8. The molecule has 1 N–H and O–H groups in total. The fraction of sp³-hybridized carbons (Fsp3) is 0.200. The molecule has 9 heteroatoms. The van der Waals surface area contributed by atoms with Crippen LogP contribution in [0.5, 0.6) is 0 Å². The van der Waals surface area contributed by atoms with Gasteiger partial charge in [-0.25, -0.2) is 8.42 Å². The predicted molar refractivity (Wildman–Crippen MR) is 100 cm³/mol. The standard InChI is InChI=1S/C20H16N2O6S/c23-17-9-8-16(18(24)21-17)22-19(25)14-7-6-12(10-15(14)20(22)26)11-29(27,28)13-4-2-1-3-5-13/h1-7,10,16H,8-9,11H2,(H,21,23,24). The van der Waals surface area contributed by atoms with Gasteiger partial charge in [0.15, 0.2) is 9.84 Å². The summed E-state index contributed by atoms with van der Waals surface area (Å²) in [5.41, 5.74) is 0.528. The first-order valence-electron chi connectivity index (χ1n) is 8.90. The van der Waals surface area contributed by atoms with Crippen LogP contribution in [-0.4, -0.2) is 43.0 Å². The van der Waals surface area contributed by atoms with Gasteiger partial charge in [-0.1, -0.05) is 24.3 Å². The van der Waals surface area contributed by atoms with Gasteiger partial charge in [-0.15, -0.1) is 0 Å². The Labute approximate surface area is 166 Å². The lowest BCUT2D eigenvalue weighted by atomic mass is 10.0. The number of hydrogen-bond acceptors (Lipinski definition) is 6. The lowest BCUT2D eigenvalue weighted by molar-refractivity contribution is -0.136. The van der Waals surface area contributed by atoms with Crippen LogP contribution in [-0.2, 0) is 25.2 Å². The van der Waals surface area contributed by atoms with Gasteiger partial charge in [0.25, 0.3) is 11.8 Å². The lowest BCUT2D eigenvalue weighted by Gasteiger charge is -2.27. The average molecular weight is 412 g/mol. The molecule has 2 aromatic rings. The topological polar surface area (TPSA) is 118 Å². The third kappa shape index (κ3) is 3.33. The summed E-state index contributed by atoms with van der Waals surface area (Å²) in [4.78, 5) is 49.9. The maximum atomic E-state index is 12.8. The first-order valence-corrected chi connectivity index (χ1v) is 10.6. The number of rotatable bonds is 4. The summed E-state index contributed by atoms with van der Waals surface area (Å²) >= 11 is 0. The van der Waals surface area contributed by atoms with Crippen LogP contribution in [0.1, 0.15) is 39.1 Å². The molecule has 4 rings (SSSR count). The zero-order valence-corrected chi connectivity index (χ0v) is 15.9. The quantitative estimate of drug-likeness (QED) is 0.751. The molecule has 0 bridgehead atoms. The second-order valence-electron chi connectivity index (χ2n) is 6.90. The number of carbonyl (C=O) groups is 4. The molecule has 0 aromatic heterocycles. The average Bonchev–Trinajstić information content (AvgIpc) is 2.93. The second-order valence-corrected chi connectivity index (χ2v) is 8.89. The van der Waals surface area contributed by atoms with Gasteiger partial charge in [0.05, 0.1) is 21.8 Å². The van der Waals surface area contributed by atoms with Crippen molar-refractivity contribution >= 4 is 33.5 Å². The Morgan fingerprint density at radius 2 is 1.62 bits per heavy atom. The van der Waals surface area contributed by atoms with Crippen LogP contribution >= 0.6 is 0 Å². The van der Waals surface area contributed by atoms with Crippen molar-refractivity contribution in [1.82, 2.24) is 10.2 Å². The Morgan fingerprint density at radius 3 is 2.31 bits per heavy atom. The summed E-state index contributed by atoms with van der Waals surface area (Å²) in [6.07, 6.45) is 0.0930. The Morgan fingerprint density at radius 1 is 0.931 bits per heavy atom. The Balaban J connectivity index is 1.62. The van der Waals surface area contributed by atoms with Crippen molar-refractivity contribution in [3.05, 3.63) is 65.2 Å². The Kier molecular flexibility index (Phi) is 4.54. The summed E-state index contributed by atoms with van der Waals surface area (Å²) in [5.74, 6) is -2.76. The van der Waals surface area contributed by atoms with E-state index in [0.717, 1.165) is 4.90 Å². The van der Waals surface area contributed by atoms with E-state index in [1.54, 1.807) is 18.2 Å². The molecule has 4 amide bonds. The molecule has 2 aliphatic rings. The van der Waals surface area contributed by atoms with Crippen molar-refractivity contribution in [2.24, 2.45) is 0 Å². The number of hydrogen-bond donors (Lipinski definition) is 1. The van der Waals surface area contributed by atoms with E-state index in [9.17, 15) is 27.6 Å². The first-order chi connectivity index (χ1) is 13.8. The van der Waals surface area contributed by atoms with Crippen molar-refractivity contribution in [1.29, 1.82) is 0 Å². The van der Waals surface area contributed by atoms with E-state index >= 15 is 0 Å². The normalized spacial score (nSPS) is 19.3. The number of amides is 4. The van der Waals surface area contributed by atoms with Gasteiger partial charge in [0.1, 0.15) is 6.04 Å². The van der Waals surface area contributed by atoms with Crippen LogP contribution in [0.2, 0.25) is 0 Å². The van der Waals surface area contributed by atoms with Crippen molar-refractivity contribution in [2.75, 3.05) is 0 Å². The number of nitrogens with zero attached hydrogens (tertiary/aromatic N) is 1. The molecule has 2 aromatic carbocycles. The number of sulfone groups is 1. The SMILES string of the molecule is O=C1CCC(N2C(=O)c3ccc(CS(=O)(=O)c4ccccc4)cc3C2=O)C(=O)N1. The molecular formula is C20H16N2O6S. The number of piperidine rings is 1. The zero-order chi connectivity index (χ0) is 20.8. The monoisotopic (exact) mass is 412 g/mol. The van der Waals surface area contributed by atoms with E-state index in [-0.39, 0.29) is 34.6 Å². The molecule has 148 valence electrons. The molecule has 2 aliphatic heterocycles. The molecule has 1 fully saturated rings. The van der Waals surface area contributed by atoms with Gasteiger partial charge >= 0.3 is 0 Å². The van der Waals surface area contributed by atoms with Gasteiger partial charge in [0.2, 0.25) is 11.8 Å². The fourth-order valence-corrected chi connectivity index (χ4v) is 4.90. The molecule has 0 aliphatic carbocycles. The molecule has 29 heavy (non-hydrogen) atoms. The molecule has 0 radical (unpaired) electrons. The summed E-state index contributed by atoms with van der Waals surface area (Å²) in [6, 6.07) is 11.1. The Bertz CT molecular complexity index is 1160. The third-order valence-corrected chi connectivity index (χ3v) is 6.67. The van der Waals surface area contributed by atoms with E-state index < -0.39 is 39.5 Å². The predicted octanol–water partition coefficient (Wildman–Crippen LogP) is 1.06. The molecular weight excluding hydrogens is 396 g/mol. The van der Waals surface area contributed by atoms with Gasteiger partial charge < -0.3 is 0 Å². The number of benzene rings is 2. The lowest BCUT2D eigenvalue weighted by Crippen LogP contribution is -2.54. The number of fused-ring (bicyclic) bond motifs is 1. The molecule has 1 atom stereocenters. The highest BCUT2D eigenvalue weighted by atomic mass is 32.2. The van der Waals surface area contributed by atoms with E-state index in [2.05, 4.69) is 5.32 Å². The summed E-state index contributed by atoms with van der Waals surface area (Å²) in [7, 11) is -3.62.